The van der Waals surface area contributed by atoms with E-state index in [1.807, 2.05) is 0 Å². The van der Waals surface area contributed by atoms with Crippen molar-refractivity contribution in [3.8, 4) is 0 Å². The molecule has 2 atom stereocenters. The molecule has 1 fully saturated rings. The van der Waals surface area contributed by atoms with Crippen LogP contribution in [0.15, 0.2) is 11.6 Å². The summed E-state index contributed by atoms with van der Waals surface area (Å²) in [4.78, 5) is 0. The number of hydrogen-bond donors (Lipinski definition) is 1. The first-order chi connectivity index (χ1) is 10.6. The zero-order valence-corrected chi connectivity index (χ0v) is 15.5. The zero-order chi connectivity index (χ0) is 16.3. The summed E-state index contributed by atoms with van der Waals surface area (Å²) >= 11 is 0. The molecule has 22 heavy (non-hydrogen) atoms. The SMILES string of the molecule is CCCCC/C=C(/CCCCCCCCCC)[C@]1(O)C[C@@H]1C. The van der Waals surface area contributed by atoms with E-state index >= 15 is 0 Å². The molecule has 1 aliphatic rings. The van der Waals surface area contributed by atoms with E-state index in [0.717, 1.165) is 19.3 Å². The van der Waals surface area contributed by atoms with Gasteiger partial charge in [0, 0.05) is 0 Å². The van der Waals surface area contributed by atoms with E-state index in [-0.39, 0.29) is 0 Å². The van der Waals surface area contributed by atoms with Crippen LogP contribution >= 0.6 is 0 Å². The van der Waals surface area contributed by atoms with E-state index in [1.165, 1.54) is 76.2 Å². The van der Waals surface area contributed by atoms with E-state index in [9.17, 15) is 5.11 Å². The Kier molecular flexibility index (Phi) is 10.1. The summed E-state index contributed by atoms with van der Waals surface area (Å²) in [6.45, 7) is 6.72. The van der Waals surface area contributed by atoms with Gasteiger partial charge in [0.15, 0.2) is 0 Å². The van der Waals surface area contributed by atoms with Crippen molar-refractivity contribution in [1.82, 2.24) is 0 Å². The number of aliphatic hydroxyl groups is 1. The standard InChI is InChI=1S/C21H40O/c1-4-6-8-10-11-12-13-15-17-20(16-14-9-7-5-2)21(22)18-19(21)3/h16,19,22H,4-15,17-18H2,1-3H3/b20-16-/t19-,21-/m0/s1. The second kappa shape index (κ2) is 11.3. The van der Waals surface area contributed by atoms with Crippen LogP contribution in [0.5, 0.6) is 0 Å². The van der Waals surface area contributed by atoms with Crippen molar-refractivity contribution in [2.45, 2.75) is 116 Å². The van der Waals surface area contributed by atoms with Crippen LogP contribution in [-0.2, 0) is 0 Å². The van der Waals surface area contributed by atoms with Crippen LogP contribution in [0.25, 0.3) is 0 Å². The predicted octanol–water partition coefficient (Wildman–Crippen LogP) is 6.79. The van der Waals surface area contributed by atoms with Crippen LogP contribution in [0.2, 0.25) is 0 Å². The molecule has 1 aliphatic carbocycles. The van der Waals surface area contributed by atoms with Crippen LogP contribution in [0.3, 0.4) is 0 Å². The van der Waals surface area contributed by atoms with Gasteiger partial charge in [-0.05, 0) is 43.6 Å². The lowest BCUT2D eigenvalue weighted by molar-refractivity contribution is 0.167. The van der Waals surface area contributed by atoms with Gasteiger partial charge in [0.2, 0.25) is 0 Å². The van der Waals surface area contributed by atoms with Gasteiger partial charge in [-0.15, -0.1) is 0 Å². The molecule has 0 unspecified atom stereocenters. The normalized spacial score (nSPS) is 24.7. The van der Waals surface area contributed by atoms with Crippen molar-refractivity contribution in [3.63, 3.8) is 0 Å². The largest absolute Gasteiger partial charge is 0.385 e. The van der Waals surface area contributed by atoms with Crippen LogP contribution in [-0.4, -0.2) is 10.7 Å². The van der Waals surface area contributed by atoms with Crippen LogP contribution < -0.4 is 0 Å². The third-order valence-electron chi connectivity index (χ3n) is 5.33. The van der Waals surface area contributed by atoms with E-state index in [1.54, 1.807) is 0 Å². The summed E-state index contributed by atoms with van der Waals surface area (Å²) in [6.07, 6.45) is 20.5. The quantitative estimate of drug-likeness (QED) is 0.276. The van der Waals surface area contributed by atoms with Gasteiger partial charge >= 0.3 is 0 Å². The molecule has 130 valence electrons. The first-order valence-electron chi connectivity index (χ1n) is 10.1. The molecule has 0 heterocycles. The van der Waals surface area contributed by atoms with Gasteiger partial charge in [-0.2, -0.15) is 0 Å². The fraction of sp³-hybridized carbons (Fsp3) is 0.905. The smallest absolute Gasteiger partial charge is 0.0887 e. The predicted molar refractivity (Wildman–Crippen MR) is 98.2 cm³/mol. The highest BCUT2D eigenvalue weighted by atomic mass is 16.3. The summed E-state index contributed by atoms with van der Waals surface area (Å²) in [5.74, 6) is 0.485. The van der Waals surface area contributed by atoms with Crippen LogP contribution in [0, 0.1) is 5.92 Å². The Balaban J connectivity index is 2.19. The lowest BCUT2D eigenvalue weighted by Crippen LogP contribution is -2.14. The summed E-state index contributed by atoms with van der Waals surface area (Å²) in [7, 11) is 0. The third-order valence-corrected chi connectivity index (χ3v) is 5.33. The van der Waals surface area contributed by atoms with E-state index in [4.69, 9.17) is 0 Å². The van der Waals surface area contributed by atoms with Gasteiger partial charge in [-0.25, -0.2) is 0 Å². The minimum absolute atomic E-state index is 0.423. The molecule has 0 aromatic rings. The molecular weight excluding hydrogens is 268 g/mol. The van der Waals surface area contributed by atoms with Crippen molar-refractivity contribution in [2.75, 3.05) is 0 Å². The maximum absolute atomic E-state index is 10.6. The molecule has 1 saturated carbocycles. The minimum Gasteiger partial charge on any atom is -0.385 e. The monoisotopic (exact) mass is 308 g/mol. The fourth-order valence-corrected chi connectivity index (χ4v) is 3.47. The van der Waals surface area contributed by atoms with Gasteiger partial charge in [0.25, 0.3) is 0 Å². The van der Waals surface area contributed by atoms with E-state index < -0.39 is 5.60 Å². The molecule has 0 amide bonds. The summed E-state index contributed by atoms with van der Waals surface area (Å²) in [5, 5.41) is 10.6. The molecule has 0 bridgehead atoms. The maximum Gasteiger partial charge on any atom is 0.0887 e. The molecule has 1 heteroatoms. The van der Waals surface area contributed by atoms with Gasteiger partial charge < -0.3 is 5.11 Å². The third kappa shape index (κ3) is 7.31. The Labute approximate surface area is 139 Å². The first kappa shape index (κ1) is 19.7. The molecular formula is C21H40O. The van der Waals surface area contributed by atoms with Crippen molar-refractivity contribution in [2.24, 2.45) is 5.92 Å². The van der Waals surface area contributed by atoms with Crippen LogP contribution in [0.1, 0.15) is 111 Å². The number of rotatable bonds is 14. The summed E-state index contributed by atoms with van der Waals surface area (Å²) in [5.41, 5.74) is 0.940. The lowest BCUT2D eigenvalue weighted by atomic mass is 9.96. The van der Waals surface area contributed by atoms with Gasteiger partial charge in [0.05, 0.1) is 5.60 Å². The average Bonchev–Trinajstić information content (AvgIpc) is 3.12. The van der Waals surface area contributed by atoms with Crippen molar-refractivity contribution in [1.29, 1.82) is 0 Å². The topological polar surface area (TPSA) is 20.2 Å². The minimum atomic E-state index is -0.423. The maximum atomic E-state index is 10.6. The Morgan fingerprint density at radius 3 is 1.95 bits per heavy atom. The highest BCUT2D eigenvalue weighted by Gasteiger charge is 2.51. The van der Waals surface area contributed by atoms with E-state index in [0.29, 0.717) is 5.92 Å². The highest BCUT2D eigenvalue weighted by Crippen LogP contribution is 2.50. The lowest BCUT2D eigenvalue weighted by Gasteiger charge is -2.15. The molecule has 0 aromatic carbocycles. The van der Waals surface area contributed by atoms with Gasteiger partial charge in [0.1, 0.15) is 0 Å². The summed E-state index contributed by atoms with van der Waals surface area (Å²) in [6, 6.07) is 0. The molecule has 0 aromatic heterocycles. The van der Waals surface area contributed by atoms with Crippen molar-refractivity contribution < 1.29 is 5.11 Å². The average molecular weight is 309 g/mol. The molecule has 1 N–H and O–H groups in total. The van der Waals surface area contributed by atoms with Gasteiger partial charge in [-0.1, -0.05) is 84.6 Å². The number of unbranched alkanes of at least 4 members (excludes halogenated alkanes) is 10. The Morgan fingerprint density at radius 2 is 1.41 bits per heavy atom. The Morgan fingerprint density at radius 1 is 0.909 bits per heavy atom. The molecule has 0 aliphatic heterocycles. The zero-order valence-electron chi connectivity index (χ0n) is 15.5. The van der Waals surface area contributed by atoms with E-state index in [2.05, 4.69) is 26.8 Å². The molecule has 1 nitrogen and oxygen atoms in total. The second-order valence-corrected chi connectivity index (χ2v) is 7.48. The first-order valence-corrected chi connectivity index (χ1v) is 10.1. The Hall–Kier alpha value is -0.300. The highest BCUT2D eigenvalue weighted by molar-refractivity contribution is 5.27. The van der Waals surface area contributed by atoms with Gasteiger partial charge in [-0.3, -0.25) is 0 Å². The molecule has 0 radical (unpaired) electrons. The van der Waals surface area contributed by atoms with Crippen molar-refractivity contribution in [3.05, 3.63) is 11.6 Å². The summed E-state index contributed by atoms with van der Waals surface area (Å²) < 4.78 is 0. The second-order valence-electron chi connectivity index (χ2n) is 7.48. The number of allylic oxidation sites excluding steroid dienone is 1. The van der Waals surface area contributed by atoms with Crippen molar-refractivity contribution >= 4 is 0 Å². The molecule has 0 saturated heterocycles. The Bertz CT molecular complexity index is 307. The van der Waals surface area contributed by atoms with Crippen LogP contribution in [0.4, 0.5) is 0 Å². The molecule has 0 spiro atoms. The number of hydrogen-bond acceptors (Lipinski definition) is 1. The fourth-order valence-electron chi connectivity index (χ4n) is 3.47. The molecule has 1 rings (SSSR count).